The SMILES string of the molecule is CC1=CCC(C(F)(F)F)=NC=C1. The zero-order valence-corrected chi connectivity index (χ0v) is 6.52. The molecule has 0 unspecified atom stereocenters. The Balaban J connectivity index is 2.84. The number of hydrogen-bond donors (Lipinski definition) is 0. The molecule has 0 aromatic rings. The molecule has 66 valence electrons. The molecule has 0 aromatic heterocycles. The summed E-state index contributed by atoms with van der Waals surface area (Å²) in [4.78, 5) is 3.30. The number of allylic oxidation sites excluding steroid dienone is 3. The van der Waals surface area contributed by atoms with Crippen LogP contribution in [0.15, 0.2) is 28.9 Å². The Hall–Kier alpha value is -1.06. The van der Waals surface area contributed by atoms with Crippen LogP contribution in [0.5, 0.6) is 0 Å². The van der Waals surface area contributed by atoms with Gasteiger partial charge in [-0.1, -0.05) is 11.6 Å². The van der Waals surface area contributed by atoms with Gasteiger partial charge in [0.2, 0.25) is 0 Å². The van der Waals surface area contributed by atoms with Gasteiger partial charge in [0, 0.05) is 12.6 Å². The van der Waals surface area contributed by atoms with Crippen LogP contribution in [0.4, 0.5) is 13.2 Å². The summed E-state index contributed by atoms with van der Waals surface area (Å²) in [6.07, 6.45) is -0.190. The second kappa shape index (κ2) is 3.13. The Labute approximate surface area is 68.3 Å². The van der Waals surface area contributed by atoms with Gasteiger partial charge in [-0.2, -0.15) is 13.2 Å². The molecular weight excluding hydrogens is 167 g/mol. The molecule has 1 aliphatic rings. The largest absolute Gasteiger partial charge is 0.429 e. The van der Waals surface area contributed by atoms with Crippen molar-refractivity contribution in [3.63, 3.8) is 0 Å². The van der Waals surface area contributed by atoms with Crippen LogP contribution >= 0.6 is 0 Å². The lowest BCUT2D eigenvalue weighted by molar-refractivity contribution is -0.0599. The first-order valence-electron chi connectivity index (χ1n) is 3.47. The first kappa shape index (κ1) is 9.03. The van der Waals surface area contributed by atoms with E-state index in [-0.39, 0.29) is 6.42 Å². The molecule has 0 aliphatic carbocycles. The van der Waals surface area contributed by atoms with Crippen molar-refractivity contribution in [3.8, 4) is 0 Å². The average Bonchev–Trinajstić information content (AvgIpc) is 2.11. The van der Waals surface area contributed by atoms with Gasteiger partial charge in [0.25, 0.3) is 0 Å². The van der Waals surface area contributed by atoms with E-state index in [9.17, 15) is 13.2 Å². The van der Waals surface area contributed by atoms with Gasteiger partial charge in [0.05, 0.1) is 0 Å². The summed E-state index contributed by atoms with van der Waals surface area (Å²) in [6, 6.07) is 0. The highest BCUT2D eigenvalue weighted by Gasteiger charge is 2.34. The third kappa shape index (κ3) is 2.22. The van der Waals surface area contributed by atoms with E-state index >= 15 is 0 Å². The molecule has 0 saturated heterocycles. The summed E-state index contributed by atoms with van der Waals surface area (Å²) in [5.74, 6) is 0. The van der Waals surface area contributed by atoms with Crippen molar-refractivity contribution >= 4 is 5.71 Å². The van der Waals surface area contributed by atoms with Gasteiger partial charge in [-0.05, 0) is 13.0 Å². The fourth-order valence-electron chi connectivity index (χ4n) is 0.812. The van der Waals surface area contributed by atoms with E-state index in [0.29, 0.717) is 0 Å². The van der Waals surface area contributed by atoms with Crippen molar-refractivity contribution in [2.24, 2.45) is 4.99 Å². The first-order valence-corrected chi connectivity index (χ1v) is 3.47. The summed E-state index contributed by atoms with van der Waals surface area (Å²) in [5, 5.41) is 0. The Bertz CT molecular complexity index is 255. The van der Waals surface area contributed by atoms with Gasteiger partial charge in [-0.3, -0.25) is 4.99 Å². The monoisotopic (exact) mass is 175 g/mol. The van der Waals surface area contributed by atoms with Crippen molar-refractivity contribution in [2.75, 3.05) is 0 Å². The number of nitrogens with zero attached hydrogens (tertiary/aromatic N) is 1. The van der Waals surface area contributed by atoms with Crippen LogP contribution in [0.1, 0.15) is 13.3 Å². The Morgan fingerprint density at radius 1 is 1.42 bits per heavy atom. The van der Waals surface area contributed by atoms with E-state index in [1.54, 1.807) is 13.0 Å². The fraction of sp³-hybridized carbons (Fsp3) is 0.375. The average molecular weight is 175 g/mol. The number of rotatable bonds is 0. The van der Waals surface area contributed by atoms with E-state index in [1.807, 2.05) is 0 Å². The molecular formula is C8H8F3N. The second-order valence-electron chi connectivity index (χ2n) is 2.54. The summed E-state index contributed by atoms with van der Waals surface area (Å²) < 4.78 is 36.2. The molecule has 0 radical (unpaired) electrons. The molecule has 0 amide bonds. The smallest absolute Gasteiger partial charge is 0.256 e. The molecule has 0 spiro atoms. The van der Waals surface area contributed by atoms with E-state index in [2.05, 4.69) is 4.99 Å². The van der Waals surface area contributed by atoms with Crippen LogP contribution in [-0.4, -0.2) is 11.9 Å². The second-order valence-corrected chi connectivity index (χ2v) is 2.54. The van der Waals surface area contributed by atoms with Crippen LogP contribution in [0.25, 0.3) is 0 Å². The van der Waals surface area contributed by atoms with Crippen LogP contribution in [0.3, 0.4) is 0 Å². The van der Waals surface area contributed by atoms with Crippen molar-refractivity contribution in [3.05, 3.63) is 23.9 Å². The molecule has 1 heterocycles. The zero-order valence-electron chi connectivity index (χ0n) is 6.52. The normalized spacial score (nSPS) is 18.3. The number of hydrogen-bond acceptors (Lipinski definition) is 1. The molecule has 1 rings (SSSR count). The number of aliphatic imine (C=N–C) groups is 1. The topological polar surface area (TPSA) is 12.4 Å². The third-order valence-electron chi connectivity index (χ3n) is 1.51. The predicted molar refractivity (Wildman–Crippen MR) is 41.0 cm³/mol. The Morgan fingerprint density at radius 3 is 2.67 bits per heavy atom. The van der Waals surface area contributed by atoms with Gasteiger partial charge >= 0.3 is 6.18 Å². The lowest BCUT2D eigenvalue weighted by Gasteiger charge is -2.05. The molecule has 4 heteroatoms. The Morgan fingerprint density at radius 2 is 2.08 bits per heavy atom. The minimum Gasteiger partial charge on any atom is -0.256 e. The van der Waals surface area contributed by atoms with Gasteiger partial charge in [0.15, 0.2) is 0 Å². The Kier molecular flexibility index (Phi) is 2.35. The van der Waals surface area contributed by atoms with E-state index in [0.717, 1.165) is 5.57 Å². The predicted octanol–water partition coefficient (Wildman–Crippen LogP) is 2.85. The summed E-state index contributed by atoms with van der Waals surface area (Å²) in [7, 11) is 0. The third-order valence-corrected chi connectivity index (χ3v) is 1.51. The van der Waals surface area contributed by atoms with Crippen LogP contribution in [0, 0.1) is 0 Å². The maximum absolute atomic E-state index is 12.1. The van der Waals surface area contributed by atoms with Gasteiger partial charge < -0.3 is 0 Å². The van der Waals surface area contributed by atoms with Crippen molar-refractivity contribution in [1.29, 1.82) is 0 Å². The minimum absolute atomic E-state index is 0.137. The summed E-state index contributed by atoms with van der Waals surface area (Å²) >= 11 is 0. The summed E-state index contributed by atoms with van der Waals surface area (Å²) in [6.45, 7) is 1.74. The highest BCUT2D eigenvalue weighted by Crippen LogP contribution is 2.21. The maximum Gasteiger partial charge on any atom is 0.429 e. The van der Waals surface area contributed by atoms with Crippen LogP contribution in [-0.2, 0) is 0 Å². The minimum atomic E-state index is -4.30. The van der Waals surface area contributed by atoms with Gasteiger partial charge in [0.1, 0.15) is 5.71 Å². The summed E-state index contributed by atoms with van der Waals surface area (Å²) in [5.41, 5.74) is 0.0635. The fourth-order valence-corrected chi connectivity index (χ4v) is 0.812. The molecule has 0 N–H and O–H groups in total. The van der Waals surface area contributed by atoms with Crippen molar-refractivity contribution < 1.29 is 13.2 Å². The highest BCUT2D eigenvalue weighted by atomic mass is 19.4. The molecule has 0 fully saturated rings. The van der Waals surface area contributed by atoms with Crippen molar-refractivity contribution in [2.45, 2.75) is 19.5 Å². The van der Waals surface area contributed by atoms with E-state index in [1.165, 1.54) is 12.3 Å². The molecule has 0 bridgehead atoms. The van der Waals surface area contributed by atoms with Crippen LogP contribution < -0.4 is 0 Å². The maximum atomic E-state index is 12.1. The molecule has 0 aromatic carbocycles. The lowest BCUT2D eigenvalue weighted by Crippen LogP contribution is -2.21. The van der Waals surface area contributed by atoms with Gasteiger partial charge in [-0.15, -0.1) is 0 Å². The van der Waals surface area contributed by atoms with E-state index < -0.39 is 11.9 Å². The van der Waals surface area contributed by atoms with E-state index in [4.69, 9.17) is 0 Å². The lowest BCUT2D eigenvalue weighted by atomic mass is 10.2. The standard InChI is InChI=1S/C8H8F3N/c1-6-2-3-7(8(9,10)11)12-5-4-6/h2,4-5H,3H2,1H3. The first-order chi connectivity index (χ1) is 5.50. The molecule has 1 nitrogen and oxygen atoms in total. The zero-order chi connectivity index (χ0) is 9.19. The molecule has 0 saturated carbocycles. The van der Waals surface area contributed by atoms with Crippen LogP contribution in [0.2, 0.25) is 0 Å². The number of halogens is 3. The number of alkyl halides is 3. The van der Waals surface area contributed by atoms with Crippen molar-refractivity contribution in [1.82, 2.24) is 0 Å². The molecule has 1 aliphatic heterocycles. The van der Waals surface area contributed by atoms with Gasteiger partial charge in [-0.25, -0.2) is 0 Å². The highest BCUT2D eigenvalue weighted by molar-refractivity contribution is 5.91. The molecule has 0 atom stereocenters. The quantitative estimate of drug-likeness (QED) is 0.536. The molecule has 12 heavy (non-hydrogen) atoms.